The van der Waals surface area contributed by atoms with Crippen molar-refractivity contribution >= 4 is 23.7 Å². The van der Waals surface area contributed by atoms with Gasteiger partial charge in [-0.2, -0.15) is 0 Å². The third-order valence-corrected chi connectivity index (χ3v) is 3.17. The molecule has 0 spiro atoms. The first-order valence-corrected chi connectivity index (χ1v) is 5.98. The number of hydrogen-bond acceptors (Lipinski definition) is 4. The van der Waals surface area contributed by atoms with Gasteiger partial charge in [0.1, 0.15) is 6.04 Å². The number of carboxylic acid groups (broad SMARTS) is 1. The largest absolute Gasteiger partial charge is 0.481 e. The maximum atomic E-state index is 11.7. The second-order valence-corrected chi connectivity index (χ2v) is 5.32. The fourth-order valence-corrected chi connectivity index (χ4v) is 1.77. The lowest BCUT2D eigenvalue weighted by Crippen LogP contribution is -2.53. The maximum Gasteiger partial charge on any atom is 0.309 e. The molecule has 0 aliphatic carbocycles. The molecule has 1 aliphatic heterocycles. The van der Waals surface area contributed by atoms with E-state index < -0.39 is 29.2 Å². The quantitative estimate of drug-likeness (QED) is 0.686. The average molecular weight is 270 g/mol. The molecule has 0 bridgehead atoms. The van der Waals surface area contributed by atoms with E-state index in [2.05, 4.69) is 5.32 Å². The lowest BCUT2D eigenvalue weighted by atomic mass is 9.89. The molecule has 7 nitrogen and oxygen atoms in total. The van der Waals surface area contributed by atoms with Crippen molar-refractivity contribution in [3.63, 3.8) is 0 Å². The molecule has 0 aromatic rings. The molecule has 1 unspecified atom stereocenters. The van der Waals surface area contributed by atoms with Crippen LogP contribution in [0.5, 0.6) is 0 Å². The third kappa shape index (κ3) is 3.52. The van der Waals surface area contributed by atoms with Crippen molar-refractivity contribution < 1.29 is 24.3 Å². The number of nitrogens with zero attached hydrogens (tertiary/aromatic N) is 1. The Hall–Kier alpha value is -1.92. The standard InChI is InChI=1S/C12H18N2O5/c1-12(2,11(18)19)6-8(15)13-7-4-5-9(16)14(3)10(7)17/h7H,4-6H2,1-3H3,(H,13,15)(H,18,19). The fraction of sp³-hybridized carbons (Fsp3) is 0.667. The number of rotatable bonds is 4. The number of likely N-dealkylation sites (N-methyl/N-ethyl adjacent to an activating group) is 1. The number of hydrogen-bond donors (Lipinski definition) is 2. The molecule has 1 saturated heterocycles. The third-order valence-electron chi connectivity index (χ3n) is 3.17. The zero-order chi connectivity index (χ0) is 14.8. The van der Waals surface area contributed by atoms with Gasteiger partial charge in [-0.25, -0.2) is 0 Å². The van der Waals surface area contributed by atoms with E-state index in [0.29, 0.717) is 0 Å². The van der Waals surface area contributed by atoms with Gasteiger partial charge in [0.15, 0.2) is 0 Å². The number of nitrogens with one attached hydrogen (secondary N) is 1. The Balaban J connectivity index is 2.61. The minimum atomic E-state index is -1.19. The predicted molar refractivity (Wildman–Crippen MR) is 65.0 cm³/mol. The summed E-state index contributed by atoms with van der Waals surface area (Å²) in [5.41, 5.74) is -1.19. The second kappa shape index (κ2) is 5.38. The minimum Gasteiger partial charge on any atom is -0.481 e. The van der Waals surface area contributed by atoms with Crippen LogP contribution in [-0.4, -0.2) is 46.8 Å². The van der Waals surface area contributed by atoms with Crippen LogP contribution in [-0.2, 0) is 19.2 Å². The summed E-state index contributed by atoms with van der Waals surface area (Å²) in [5, 5.41) is 11.4. The molecule has 106 valence electrons. The first-order valence-electron chi connectivity index (χ1n) is 5.98. The summed E-state index contributed by atoms with van der Waals surface area (Å²) in [6, 6.07) is -0.750. The number of aliphatic carboxylic acids is 1. The molecule has 1 rings (SSSR count). The van der Waals surface area contributed by atoms with Crippen molar-refractivity contribution in [1.82, 2.24) is 10.2 Å². The molecule has 7 heteroatoms. The zero-order valence-electron chi connectivity index (χ0n) is 11.2. The van der Waals surface area contributed by atoms with E-state index in [-0.39, 0.29) is 25.2 Å². The van der Waals surface area contributed by atoms with Crippen molar-refractivity contribution in [3.05, 3.63) is 0 Å². The van der Waals surface area contributed by atoms with E-state index in [1.807, 2.05) is 0 Å². The van der Waals surface area contributed by atoms with Crippen molar-refractivity contribution in [2.75, 3.05) is 7.05 Å². The Morgan fingerprint density at radius 1 is 1.42 bits per heavy atom. The second-order valence-electron chi connectivity index (χ2n) is 5.32. The van der Waals surface area contributed by atoms with E-state index in [1.165, 1.54) is 20.9 Å². The molecule has 1 aliphatic rings. The lowest BCUT2D eigenvalue weighted by Gasteiger charge is -2.29. The number of carboxylic acids is 1. The molecule has 3 amide bonds. The average Bonchev–Trinajstić information content (AvgIpc) is 2.29. The van der Waals surface area contributed by atoms with E-state index in [0.717, 1.165) is 4.90 Å². The normalized spacial score (nSPS) is 20.4. The Labute approximate surface area is 110 Å². The Morgan fingerprint density at radius 3 is 2.53 bits per heavy atom. The number of imide groups is 1. The number of carbonyl (C=O) groups is 4. The monoisotopic (exact) mass is 270 g/mol. The van der Waals surface area contributed by atoms with Crippen molar-refractivity contribution in [2.45, 2.75) is 39.2 Å². The molecule has 19 heavy (non-hydrogen) atoms. The van der Waals surface area contributed by atoms with Crippen LogP contribution in [0.15, 0.2) is 0 Å². The van der Waals surface area contributed by atoms with Crippen LogP contribution in [0.4, 0.5) is 0 Å². The summed E-state index contributed by atoms with van der Waals surface area (Å²) >= 11 is 0. The molecule has 0 saturated carbocycles. The number of likely N-dealkylation sites (tertiary alicyclic amines) is 1. The molecule has 1 heterocycles. The van der Waals surface area contributed by atoms with Crippen molar-refractivity contribution in [3.8, 4) is 0 Å². The summed E-state index contributed by atoms with van der Waals surface area (Å²) in [4.78, 5) is 46.6. The summed E-state index contributed by atoms with van der Waals surface area (Å²) in [6.07, 6.45) is 0.223. The molecule has 0 aromatic carbocycles. The molecule has 2 N–H and O–H groups in total. The van der Waals surface area contributed by atoms with Gasteiger partial charge in [-0.1, -0.05) is 0 Å². The Bertz CT molecular complexity index is 430. The fourth-order valence-electron chi connectivity index (χ4n) is 1.77. The summed E-state index contributed by atoms with van der Waals surface area (Å²) < 4.78 is 0. The lowest BCUT2D eigenvalue weighted by molar-refractivity contribution is -0.151. The first-order chi connectivity index (χ1) is 8.65. The highest BCUT2D eigenvalue weighted by atomic mass is 16.4. The zero-order valence-corrected chi connectivity index (χ0v) is 11.2. The SMILES string of the molecule is CN1C(=O)CCC(NC(=O)CC(C)(C)C(=O)O)C1=O. The van der Waals surface area contributed by atoms with Crippen LogP contribution in [0.1, 0.15) is 33.1 Å². The van der Waals surface area contributed by atoms with Gasteiger partial charge in [-0.05, 0) is 20.3 Å². The van der Waals surface area contributed by atoms with Crippen LogP contribution >= 0.6 is 0 Å². The van der Waals surface area contributed by atoms with Gasteiger partial charge < -0.3 is 10.4 Å². The van der Waals surface area contributed by atoms with Gasteiger partial charge in [-0.15, -0.1) is 0 Å². The topological polar surface area (TPSA) is 104 Å². The van der Waals surface area contributed by atoms with E-state index in [1.54, 1.807) is 0 Å². The Kier molecular flexibility index (Phi) is 4.28. The van der Waals surface area contributed by atoms with Gasteiger partial charge in [0.05, 0.1) is 5.41 Å². The molecular formula is C12H18N2O5. The summed E-state index contributed by atoms with van der Waals surface area (Å²) in [7, 11) is 1.37. The minimum absolute atomic E-state index is 0.190. The van der Waals surface area contributed by atoms with Crippen LogP contribution < -0.4 is 5.32 Å². The smallest absolute Gasteiger partial charge is 0.309 e. The number of piperidine rings is 1. The molecular weight excluding hydrogens is 252 g/mol. The van der Waals surface area contributed by atoms with E-state index >= 15 is 0 Å². The van der Waals surface area contributed by atoms with Gasteiger partial charge in [0, 0.05) is 19.9 Å². The van der Waals surface area contributed by atoms with Gasteiger partial charge in [0.2, 0.25) is 11.8 Å². The predicted octanol–water partition coefficient (Wildman–Crippen LogP) is -0.249. The van der Waals surface area contributed by atoms with Gasteiger partial charge >= 0.3 is 5.97 Å². The van der Waals surface area contributed by atoms with Gasteiger partial charge in [-0.3, -0.25) is 24.1 Å². The van der Waals surface area contributed by atoms with E-state index in [9.17, 15) is 19.2 Å². The molecule has 0 aromatic heterocycles. The highest BCUT2D eigenvalue weighted by Crippen LogP contribution is 2.20. The van der Waals surface area contributed by atoms with Crippen LogP contribution in [0.25, 0.3) is 0 Å². The molecule has 0 radical (unpaired) electrons. The highest BCUT2D eigenvalue weighted by molar-refractivity contribution is 6.01. The highest BCUT2D eigenvalue weighted by Gasteiger charge is 2.35. The number of amides is 3. The molecule has 1 atom stereocenters. The summed E-state index contributed by atoms with van der Waals surface area (Å²) in [5.74, 6) is -2.32. The maximum absolute atomic E-state index is 11.7. The van der Waals surface area contributed by atoms with Crippen LogP contribution in [0.3, 0.4) is 0 Å². The Morgan fingerprint density at radius 2 is 2.00 bits per heavy atom. The van der Waals surface area contributed by atoms with Crippen molar-refractivity contribution in [2.24, 2.45) is 5.41 Å². The van der Waals surface area contributed by atoms with Crippen molar-refractivity contribution in [1.29, 1.82) is 0 Å². The first kappa shape index (κ1) is 15.1. The van der Waals surface area contributed by atoms with Crippen LogP contribution in [0, 0.1) is 5.41 Å². The van der Waals surface area contributed by atoms with Gasteiger partial charge in [0.25, 0.3) is 5.91 Å². The molecule has 1 fully saturated rings. The summed E-state index contributed by atoms with van der Waals surface area (Å²) in [6.45, 7) is 2.88. The van der Waals surface area contributed by atoms with E-state index in [4.69, 9.17) is 5.11 Å². The van der Waals surface area contributed by atoms with Crippen LogP contribution in [0.2, 0.25) is 0 Å². The number of carbonyl (C=O) groups excluding carboxylic acids is 3.